The molecule has 0 saturated carbocycles. The molecule has 0 aliphatic carbocycles. The number of aryl methyl sites for hydroxylation is 1. The highest BCUT2D eigenvalue weighted by atomic mass is 35.5. The van der Waals surface area contributed by atoms with Crippen LogP contribution >= 0.6 is 22.9 Å². The van der Waals surface area contributed by atoms with Gasteiger partial charge in [0, 0.05) is 16.0 Å². The maximum atomic E-state index is 13.0. The van der Waals surface area contributed by atoms with Crippen molar-refractivity contribution in [3.63, 3.8) is 0 Å². The second-order valence-electron chi connectivity index (χ2n) is 6.72. The van der Waals surface area contributed by atoms with E-state index in [4.69, 9.17) is 11.6 Å². The van der Waals surface area contributed by atoms with E-state index in [9.17, 15) is 9.59 Å². The highest BCUT2D eigenvalue weighted by molar-refractivity contribution is 7.17. The van der Waals surface area contributed by atoms with Crippen LogP contribution in [0, 0.1) is 6.92 Å². The van der Waals surface area contributed by atoms with Crippen molar-refractivity contribution in [1.29, 1.82) is 0 Å². The van der Waals surface area contributed by atoms with Crippen LogP contribution < -0.4 is 11.0 Å². The van der Waals surface area contributed by atoms with Crippen LogP contribution in [0.15, 0.2) is 70.1 Å². The quantitative estimate of drug-likeness (QED) is 0.375. The van der Waals surface area contributed by atoms with Gasteiger partial charge in [0.15, 0.2) is 0 Å². The van der Waals surface area contributed by atoms with Gasteiger partial charge in [0.05, 0.1) is 17.9 Å². The second kappa shape index (κ2) is 8.61. The van der Waals surface area contributed by atoms with Crippen molar-refractivity contribution in [3.8, 4) is 11.1 Å². The summed E-state index contributed by atoms with van der Waals surface area (Å²) in [7, 11) is 0. The van der Waals surface area contributed by atoms with Gasteiger partial charge in [0.25, 0.3) is 11.5 Å². The second-order valence-corrected chi connectivity index (χ2v) is 8.01. The van der Waals surface area contributed by atoms with Crippen LogP contribution in [0.4, 0.5) is 0 Å². The summed E-state index contributed by atoms with van der Waals surface area (Å²) in [4.78, 5) is 30.2. The molecular weight excluding hydrogens is 420 g/mol. The molecule has 0 spiro atoms. The van der Waals surface area contributed by atoms with Crippen LogP contribution in [0.25, 0.3) is 21.3 Å². The first kappa shape index (κ1) is 20.0. The Hall–Kier alpha value is -3.29. The Morgan fingerprint density at radius 3 is 2.67 bits per heavy atom. The van der Waals surface area contributed by atoms with Gasteiger partial charge >= 0.3 is 0 Å². The first-order valence-electron chi connectivity index (χ1n) is 9.12. The molecule has 2 aromatic carbocycles. The van der Waals surface area contributed by atoms with E-state index < -0.39 is 5.91 Å². The highest BCUT2D eigenvalue weighted by Gasteiger charge is 2.14. The van der Waals surface area contributed by atoms with Crippen molar-refractivity contribution < 1.29 is 4.79 Å². The highest BCUT2D eigenvalue weighted by Crippen LogP contribution is 2.30. The number of thiophene rings is 1. The molecule has 0 bridgehead atoms. The van der Waals surface area contributed by atoms with Gasteiger partial charge in [-0.1, -0.05) is 53.6 Å². The van der Waals surface area contributed by atoms with Crippen molar-refractivity contribution in [2.75, 3.05) is 0 Å². The first-order valence-corrected chi connectivity index (χ1v) is 10.4. The molecule has 0 radical (unpaired) electrons. The van der Waals surface area contributed by atoms with E-state index in [1.165, 1.54) is 28.4 Å². The predicted octanol–water partition coefficient (Wildman–Crippen LogP) is 4.24. The van der Waals surface area contributed by atoms with Gasteiger partial charge in [0.1, 0.15) is 11.4 Å². The SMILES string of the molecule is Cc1ccc(-c2csc3ncn(CC(=O)N/N=C/c4ccc(Cl)cc4)c(=O)c23)cc1. The van der Waals surface area contributed by atoms with Crippen LogP contribution in [-0.4, -0.2) is 21.7 Å². The zero-order valence-electron chi connectivity index (χ0n) is 16.0. The van der Waals surface area contributed by atoms with Crippen molar-refractivity contribution in [3.05, 3.63) is 86.7 Å². The molecular formula is C22H17ClN4O2S. The molecule has 6 nitrogen and oxygen atoms in total. The van der Waals surface area contributed by atoms with Crippen molar-refractivity contribution in [1.82, 2.24) is 15.0 Å². The number of fused-ring (bicyclic) bond motifs is 1. The lowest BCUT2D eigenvalue weighted by Crippen LogP contribution is -2.30. The van der Waals surface area contributed by atoms with Gasteiger partial charge in [-0.05, 0) is 30.2 Å². The third kappa shape index (κ3) is 4.32. The number of carbonyl (C=O) groups excluding carboxylic acids is 1. The average molecular weight is 437 g/mol. The number of benzene rings is 2. The summed E-state index contributed by atoms with van der Waals surface area (Å²) >= 11 is 7.25. The Morgan fingerprint density at radius 2 is 1.93 bits per heavy atom. The number of hydrazone groups is 1. The van der Waals surface area contributed by atoms with E-state index in [0.717, 1.165) is 22.3 Å². The third-order valence-corrected chi connectivity index (χ3v) is 5.65. The van der Waals surface area contributed by atoms with Gasteiger partial charge in [0.2, 0.25) is 0 Å². The van der Waals surface area contributed by atoms with Crippen LogP contribution in [0.5, 0.6) is 0 Å². The number of rotatable bonds is 5. The standard InChI is InChI=1S/C22H17ClN4O2S/c1-14-2-6-16(7-3-14)18-12-30-21-20(18)22(29)27(13-24-21)11-19(28)26-25-10-15-4-8-17(23)9-5-15/h2-10,12-13H,11H2,1H3,(H,26,28)/b25-10+. The molecule has 4 aromatic rings. The Labute approximate surface area is 181 Å². The fraction of sp³-hybridized carbons (Fsp3) is 0.0909. The first-order chi connectivity index (χ1) is 14.5. The number of halogens is 1. The number of hydrogen-bond acceptors (Lipinski definition) is 5. The normalized spacial score (nSPS) is 11.3. The van der Waals surface area contributed by atoms with Crippen LogP contribution in [0.1, 0.15) is 11.1 Å². The summed E-state index contributed by atoms with van der Waals surface area (Å²) in [5.74, 6) is -0.421. The maximum absolute atomic E-state index is 13.0. The topological polar surface area (TPSA) is 76.3 Å². The Morgan fingerprint density at radius 1 is 1.20 bits per heavy atom. The predicted molar refractivity (Wildman–Crippen MR) is 121 cm³/mol. The molecule has 0 aliphatic heterocycles. The minimum atomic E-state index is -0.421. The van der Waals surface area contributed by atoms with E-state index in [2.05, 4.69) is 15.5 Å². The van der Waals surface area contributed by atoms with Crippen LogP contribution in [-0.2, 0) is 11.3 Å². The molecule has 0 aliphatic rings. The minimum absolute atomic E-state index is 0.178. The summed E-state index contributed by atoms with van der Waals surface area (Å²) in [6, 6.07) is 15.0. The van der Waals surface area contributed by atoms with Crippen LogP contribution in [0.2, 0.25) is 5.02 Å². The lowest BCUT2D eigenvalue weighted by atomic mass is 10.1. The monoisotopic (exact) mass is 436 g/mol. The molecule has 0 saturated heterocycles. The molecule has 1 amide bonds. The maximum Gasteiger partial charge on any atom is 0.263 e. The summed E-state index contributed by atoms with van der Waals surface area (Å²) in [6.45, 7) is 1.83. The van der Waals surface area contributed by atoms with Gasteiger partial charge in [-0.25, -0.2) is 10.4 Å². The fourth-order valence-corrected chi connectivity index (χ4v) is 3.98. The lowest BCUT2D eigenvalue weighted by molar-refractivity contribution is -0.121. The molecule has 0 unspecified atom stereocenters. The Bertz CT molecular complexity index is 1290. The fourth-order valence-electron chi connectivity index (χ4n) is 2.94. The molecule has 4 rings (SSSR count). The third-order valence-electron chi connectivity index (χ3n) is 4.51. The zero-order chi connectivity index (χ0) is 21.1. The van der Waals surface area contributed by atoms with E-state index in [1.54, 1.807) is 24.3 Å². The van der Waals surface area contributed by atoms with E-state index in [0.29, 0.717) is 15.2 Å². The van der Waals surface area contributed by atoms with E-state index >= 15 is 0 Å². The largest absolute Gasteiger partial charge is 0.289 e. The number of nitrogens with zero attached hydrogens (tertiary/aromatic N) is 3. The van der Waals surface area contributed by atoms with Crippen molar-refractivity contribution in [2.45, 2.75) is 13.5 Å². The molecule has 0 fully saturated rings. The van der Waals surface area contributed by atoms with Gasteiger partial charge in [-0.3, -0.25) is 14.2 Å². The minimum Gasteiger partial charge on any atom is -0.289 e. The van der Waals surface area contributed by atoms with Gasteiger partial charge < -0.3 is 0 Å². The molecule has 2 aromatic heterocycles. The van der Waals surface area contributed by atoms with Crippen LogP contribution in [0.3, 0.4) is 0 Å². The van der Waals surface area contributed by atoms with Gasteiger partial charge in [-0.2, -0.15) is 5.10 Å². The number of carbonyl (C=O) groups is 1. The number of aromatic nitrogens is 2. The van der Waals surface area contributed by atoms with E-state index in [1.807, 2.05) is 36.6 Å². The number of amides is 1. The lowest BCUT2D eigenvalue weighted by Gasteiger charge is -2.05. The molecule has 2 heterocycles. The van der Waals surface area contributed by atoms with Gasteiger partial charge in [-0.15, -0.1) is 11.3 Å². The molecule has 150 valence electrons. The summed E-state index contributed by atoms with van der Waals surface area (Å²) in [5, 5.41) is 6.98. The molecule has 8 heteroatoms. The van der Waals surface area contributed by atoms with Crippen molar-refractivity contribution in [2.24, 2.45) is 5.10 Å². The van der Waals surface area contributed by atoms with E-state index in [-0.39, 0.29) is 12.1 Å². The Balaban J connectivity index is 1.54. The average Bonchev–Trinajstić information content (AvgIpc) is 3.17. The number of hydrogen-bond donors (Lipinski definition) is 1. The summed E-state index contributed by atoms with van der Waals surface area (Å²) in [6.07, 6.45) is 2.90. The zero-order valence-corrected chi connectivity index (χ0v) is 17.6. The number of nitrogens with one attached hydrogen (secondary N) is 1. The molecule has 1 N–H and O–H groups in total. The molecule has 30 heavy (non-hydrogen) atoms. The van der Waals surface area contributed by atoms with Crippen molar-refractivity contribution >= 4 is 45.3 Å². The smallest absolute Gasteiger partial charge is 0.263 e. The Kier molecular flexibility index (Phi) is 5.74. The molecule has 0 atom stereocenters. The summed E-state index contributed by atoms with van der Waals surface area (Å²) < 4.78 is 1.29. The summed E-state index contributed by atoms with van der Waals surface area (Å²) in [5.41, 5.74) is 5.88.